The second-order valence-corrected chi connectivity index (χ2v) is 11.4. The zero-order valence-electron chi connectivity index (χ0n) is 25.5. The number of allylic oxidation sites excluding steroid dienone is 1. The first-order valence-electron chi connectivity index (χ1n) is 16.7. The van der Waals surface area contributed by atoms with Crippen molar-refractivity contribution in [2.24, 2.45) is 0 Å². The van der Waals surface area contributed by atoms with Crippen molar-refractivity contribution in [2.75, 3.05) is 0 Å². The lowest BCUT2D eigenvalue weighted by atomic mass is 10.0. The molecule has 1 N–H and O–H groups in total. The summed E-state index contributed by atoms with van der Waals surface area (Å²) in [7, 11) is 0. The van der Waals surface area contributed by atoms with Gasteiger partial charge in [-0.25, -0.2) is 0 Å². The minimum Gasteiger partial charge on any atom is -0.462 e. The van der Waals surface area contributed by atoms with Crippen LogP contribution in [0.4, 0.5) is 0 Å². The van der Waals surface area contributed by atoms with Crippen molar-refractivity contribution in [3.8, 4) is 0 Å². The number of carbonyl (C=O) groups excluding carboxylic acids is 1. The van der Waals surface area contributed by atoms with Crippen molar-refractivity contribution in [1.29, 1.82) is 0 Å². The topological polar surface area (TPSA) is 46.5 Å². The van der Waals surface area contributed by atoms with E-state index in [-0.39, 0.29) is 18.2 Å². The van der Waals surface area contributed by atoms with Gasteiger partial charge in [0.2, 0.25) is 0 Å². The number of ether oxygens (including phenoxy) is 1. The van der Waals surface area contributed by atoms with Crippen LogP contribution in [0.1, 0.15) is 188 Å². The number of aliphatic hydroxyl groups is 1. The molecule has 0 aromatic heterocycles. The molecule has 0 radical (unpaired) electrons. The van der Waals surface area contributed by atoms with Gasteiger partial charge in [-0.05, 0) is 51.4 Å². The maximum Gasteiger partial charge on any atom is 0.306 e. The molecule has 2 atom stereocenters. The summed E-state index contributed by atoms with van der Waals surface area (Å²) in [5, 5.41) is 10.00. The molecule has 0 rings (SSSR count). The normalized spacial score (nSPS) is 13.3. The summed E-state index contributed by atoms with van der Waals surface area (Å²) in [4.78, 5) is 12.3. The molecule has 0 aliphatic heterocycles. The Balaban J connectivity index is 3.63. The Hall–Kier alpha value is -0.830. The zero-order chi connectivity index (χ0) is 27.2. The second kappa shape index (κ2) is 29.7. The highest BCUT2D eigenvalue weighted by Crippen LogP contribution is 2.17. The summed E-state index contributed by atoms with van der Waals surface area (Å²) in [6.45, 7) is 6.68. The molecule has 0 spiro atoms. The summed E-state index contributed by atoms with van der Waals surface area (Å²) in [5.74, 6) is 0.0155. The predicted octanol–water partition coefficient (Wildman–Crippen LogP) is 11.0. The van der Waals surface area contributed by atoms with Gasteiger partial charge in [0.05, 0.1) is 6.10 Å². The second-order valence-electron chi connectivity index (χ2n) is 11.4. The summed E-state index contributed by atoms with van der Waals surface area (Å²) in [5.41, 5.74) is 0. The minimum absolute atomic E-state index is 0.0155. The monoisotopic (exact) mass is 523 g/mol. The molecule has 0 aliphatic carbocycles. The van der Waals surface area contributed by atoms with E-state index in [0.717, 1.165) is 57.8 Å². The quantitative estimate of drug-likeness (QED) is 0.0603. The third-order valence-electron chi connectivity index (χ3n) is 7.51. The fourth-order valence-electron chi connectivity index (χ4n) is 5.05. The predicted molar refractivity (Wildman–Crippen MR) is 162 cm³/mol. The SMILES string of the molecule is CCCCCCCCCCCCC(CCC)OC(=O)CCCCCCCC=CC[C@H](O)CCCCCC. The molecule has 0 bridgehead atoms. The third-order valence-corrected chi connectivity index (χ3v) is 7.51. The van der Waals surface area contributed by atoms with Gasteiger partial charge in [-0.3, -0.25) is 4.79 Å². The van der Waals surface area contributed by atoms with Crippen LogP contribution in [-0.4, -0.2) is 23.3 Å². The first-order chi connectivity index (χ1) is 18.1. The van der Waals surface area contributed by atoms with Crippen LogP contribution in [0.3, 0.4) is 0 Å². The molecule has 0 aromatic rings. The van der Waals surface area contributed by atoms with Crippen LogP contribution < -0.4 is 0 Å². The Morgan fingerprint density at radius 3 is 1.73 bits per heavy atom. The highest BCUT2D eigenvalue weighted by Gasteiger charge is 2.13. The van der Waals surface area contributed by atoms with Gasteiger partial charge >= 0.3 is 5.97 Å². The van der Waals surface area contributed by atoms with Crippen molar-refractivity contribution in [3.05, 3.63) is 12.2 Å². The van der Waals surface area contributed by atoms with Crippen LogP contribution in [0.5, 0.6) is 0 Å². The van der Waals surface area contributed by atoms with E-state index in [1.54, 1.807) is 0 Å². The highest BCUT2D eigenvalue weighted by atomic mass is 16.5. The van der Waals surface area contributed by atoms with Crippen LogP contribution in [-0.2, 0) is 9.53 Å². The van der Waals surface area contributed by atoms with Crippen LogP contribution in [0.25, 0.3) is 0 Å². The Bertz CT molecular complexity index is 487. The number of hydrogen-bond acceptors (Lipinski definition) is 3. The van der Waals surface area contributed by atoms with Crippen molar-refractivity contribution in [3.63, 3.8) is 0 Å². The van der Waals surface area contributed by atoms with Crippen molar-refractivity contribution in [2.45, 2.75) is 200 Å². The van der Waals surface area contributed by atoms with E-state index < -0.39 is 0 Å². The molecule has 0 saturated carbocycles. The average molecular weight is 523 g/mol. The van der Waals surface area contributed by atoms with Crippen LogP contribution in [0, 0.1) is 0 Å². The van der Waals surface area contributed by atoms with Gasteiger partial charge in [0.15, 0.2) is 0 Å². The molecular weight excluding hydrogens is 456 g/mol. The van der Waals surface area contributed by atoms with Crippen LogP contribution >= 0.6 is 0 Å². The summed E-state index contributed by atoms with van der Waals surface area (Å²) in [6.07, 6.45) is 35.0. The van der Waals surface area contributed by atoms with Gasteiger partial charge in [0, 0.05) is 6.42 Å². The molecule has 220 valence electrons. The van der Waals surface area contributed by atoms with Gasteiger partial charge in [-0.2, -0.15) is 0 Å². The first kappa shape index (κ1) is 36.2. The van der Waals surface area contributed by atoms with Gasteiger partial charge < -0.3 is 9.84 Å². The van der Waals surface area contributed by atoms with Gasteiger partial charge in [0.25, 0.3) is 0 Å². The fourth-order valence-corrected chi connectivity index (χ4v) is 5.05. The lowest BCUT2D eigenvalue weighted by Gasteiger charge is -2.17. The fraction of sp³-hybridized carbons (Fsp3) is 0.912. The average Bonchev–Trinajstić information content (AvgIpc) is 2.88. The largest absolute Gasteiger partial charge is 0.462 e. The minimum atomic E-state index is -0.167. The van der Waals surface area contributed by atoms with E-state index in [0.29, 0.717) is 6.42 Å². The van der Waals surface area contributed by atoms with Gasteiger partial charge in [-0.1, -0.05) is 142 Å². The Morgan fingerprint density at radius 1 is 0.595 bits per heavy atom. The molecule has 0 aromatic carbocycles. The molecule has 37 heavy (non-hydrogen) atoms. The van der Waals surface area contributed by atoms with Crippen molar-refractivity contribution in [1.82, 2.24) is 0 Å². The lowest BCUT2D eigenvalue weighted by molar-refractivity contribution is -0.150. The smallest absolute Gasteiger partial charge is 0.306 e. The Labute approximate surface area is 232 Å². The lowest BCUT2D eigenvalue weighted by Crippen LogP contribution is -2.18. The maximum atomic E-state index is 12.3. The Morgan fingerprint density at radius 2 is 1.11 bits per heavy atom. The van der Waals surface area contributed by atoms with Gasteiger partial charge in [0.1, 0.15) is 6.10 Å². The molecule has 0 aliphatic rings. The highest BCUT2D eigenvalue weighted by molar-refractivity contribution is 5.69. The number of rotatable bonds is 29. The van der Waals surface area contributed by atoms with E-state index in [4.69, 9.17) is 4.74 Å². The third kappa shape index (κ3) is 28.0. The number of unbranched alkanes of at least 4 members (excludes halogenated alkanes) is 17. The summed E-state index contributed by atoms with van der Waals surface area (Å²) >= 11 is 0. The number of aliphatic hydroxyl groups excluding tert-OH is 1. The molecule has 3 nitrogen and oxygen atoms in total. The maximum absolute atomic E-state index is 12.3. The van der Waals surface area contributed by atoms with Crippen molar-refractivity contribution >= 4 is 5.97 Å². The first-order valence-corrected chi connectivity index (χ1v) is 16.7. The molecule has 0 fully saturated rings. The van der Waals surface area contributed by atoms with Crippen molar-refractivity contribution < 1.29 is 14.6 Å². The van der Waals surface area contributed by atoms with Crippen LogP contribution in [0.2, 0.25) is 0 Å². The molecule has 0 saturated heterocycles. The van der Waals surface area contributed by atoms with Crippen LogP contribution in [0.15, 0.2) is 12.2 Å². The van der Waals surface area contributed by atoms with E-state index >= 15 is 0 Å². The standard InChI is InChI=1S/C34H66O3/c1-4-7-9-11-12-13-14-18-21-25-30-33(27-6-3)37-34(36)31-26-22-19-16-15-17-20-24-29-32(35)28-23-10-8-5-2/h20,24,32-33,35H,4-19,21-23,25-31H2,1-3H3/t32-,33?/m1/s1. The molecule has 3 heteroatoms. The van der Waals surface area contributed by atoms with E-state index in [1.807, 2.05) is 0 Å². The van der Waals surface area contributed by atoms with Gasteiger partial charge in [-0.15, -0.1) is 0 Å². The number of carbonyl (C=O) groups is 1. The molecule has 1 unspecified atom stereocenters. The Kier molecular flexibility index (Phi) is 29.1. The summed E-state index contributed by atoms with van der Waals surface area (Å²) in [6, 6.07) is 0. The molecule has 0 amide bonds. The number of esters is 1. The zero-order valence-corrected chi connectivity index (χ0v) is 25.5. The van der Waals surface area contributed by atoms with E-state index in [1.165, 1.54) is 103 Å². The van der Waals surface area contributed by atoms with E-state index in [9.17, 15) is 9.90 Å². The molecular formula is C34H66O3. The number of hydrogen-bond donors (Lipinski definition) is 1. The summed E-state index contributed by atoms with van der Waals surface area (Å²) < 4.78 is 5.83. The van der Waals surface area contributed by atoms with E-state index in [2.05, 4.69) is 32.9 Å². The molecule has 0 heterocycles.